The highest BCUT2D eigenvalue weighted by atomic mass is 35.5. The summed E-state index contributed by atoms with van der Waals surface area (Å²) in [6.07, 6.45) is 6.61. The van der Waals surface area contributed by atoms with E-state index >= 15 is 0 Å². The molecule has 0 aliphatic carbocycles. The average Bonchev–Trinajstić information content (AvgIpc) is 2.68. The Labute approximate surface area is 161 Å². The highest BCUT2D eigenvalue weighted by molar-refractivity contribution is 6.31. The zero-order valence-electron chi connectivity index (χ0n) is 15.9. The topological polar surface area (TPSA) is 47.2 Å². The van der Waals surface area contributed by atoms with Gasteiger partial charge in [-0.1, -0.05) is 11.6 Å². The van der Waals surface area contributed by atoms with Crippen LogP contribution in [0.4, 0.5) is 5.69 Å². The fourth-order valence-electron chi connectivity index (χ4n) is 4.45. The largest absolute Gasteiger partial charge is 0.495 e. The van der Waals surface area contributed by atoms with Crippen LogP contribution in [0, 0.1) is 0 Å². The first-order chi connectivity index (χ1) is 12.6. The van der Waals surface area contributed by atoms with Crippen molar-refractivity contribution in [3.05, 3.63) is 23.2 Å². The Kier molecular flexibility index (Phi) is 6.79. The summed E-state index contributed by atoms with van der Waals surface area (Å²) in [6.45, 7) is 6.86. The van der Waals surface area contributed by atoms with E-state index in [1.54, 1.807) is 30.2 Å². The standard InChI is InChI=1S/C20H30ClN3O2/c1-15(20(25)22-18-14-16(21)6-7-19(18)26-2)23-12-8-17(9-13-23)24-10-4-3-5-11-24/h6-7,14-15,17H,3-5,8-13H2,1-2H3,(H,22,25)/p+2/t15-/m0/s1. The highest BCUT2D eigenvalue weighted by Crippen LogP contribution is 2.27. The molecule has 0 bridgehead atoms. The minimum atomic E-state index is -0.0732. The lowest BCUT2D eigenvalue weighted by atomic mass is 9.99. The molecule has 2 fully saturated rings. The van der Waals surface area contributed by atoms with Crippen molar-refractivity contribution in [2.45, 2.75) is 51.1 Å². The number of carbonyl (C=O) groups excluding carboxylic acids is 1. The van der Waals surface area contributed by atoms with Gasteiger partial charge in [0.1, 0.15) is 5.75 Å². The molecule has 1 atom stereocenters. The second-order valence-corrected chi connectivity index (χ2v) is 8.14. The monoisotopic (exact) mass is 381 g/mol. The first-order valence-electron chi connectivity index (χ1n) is 9.92. The van der Waals surface area contributed by atoms with E-state index in [1.807, 2.05) is 6.92 Å². The van der Waals surface area contributed by atoms with E-state index in [4.69, 9.17) is 16.3 Å². The number of nitrogens with one attached hydrogen (secondary N) is 3. The molecule has 0 unspecified atom stereocenters. The van der Waals surface area contributed by atoms with Crippen LogP contribution in [-0.2, 0) is 4.79 Å². The van der Waals surface area contributed by atoms with Crippen molar-refractivity contribution in [1.82, 2.24) is 0 Å². The number of rotatable bonds is 5. The van der Waals surface area contributed by atoms with Gasteiger partial charge in [0.15, 0.2) is 6.04 Å². The van der Waals surface area contributed by atoms with E-state index in [-0.39, 0.29) is 11.9 Å². The number of halogens is 1. The Balaban J connectivity index is 1.54. The Hall–Kier alpha value is -1.30. The van der Waals surface area contributed by atoms with E-state index in [0.29, 0.717) is 16.5 Å². The van der Waals surface area contributed by atoms with Crippen LogP contribution < -0.4 is 19.9 Å². The van der Waals surface area contributed by atoms with E-state index in [1.165, 1.54) is 50.1 Å². The third kappa shape index (κ3) is 4.70. The summed E-state index contributed by atoms with van der Waals surface area (Å²) in [7, 11) is 1.60. The molecule has 2 saturated heterocycles. The molecule has 0 spiro atoms. The second kappa shape index (κ2) is 9.07. The average molecular weight is 382 g/mol. The SMILES string of the molecule is COc1ccc(Cl)cc1NC(=O)[C@H](C)[NH+]1CCC([NH+]2CCCCC2)CC1. The molecule has 144 valence electrons. The predicted molar refractivity (Wildman–Crippen MR) is 104 cm³/mol. The van der Waals surface area contributed by atoms with Gasteiger partial charge in [-0.3, -0.25) is 4.79 Å². The first kappa shape index (κ1) is 19.5. The third-order valence-corrected chi connectivity index (χ3v) is 6.36. The molecule has 1 amide bonds. The fraction of sp³-hybridized carbons (Fsp3) is 0.650. The van der Waals surface area contributed by atoms with Crippen LogP contribution in [0.1, 0.15) is 39.0 Å². The summed E-state index contributed by atoms with van der Waals surface area (Å²) < 4.78 is 5.32. The molecule has 3 rings (SSSR count). The Morgan fingerprint density at radius 1 is 1.19 bits per heavy atom. The number of piperidine rings is 2. The number of amides is 1. The van der Waals surface area contributed by atoms with Crippen LogP contribution in [0.2, 0.25) is 5.02 Å². The number of methoxy groups -OCH3 is 1. The van der Waals surface area contributed by atoms with E-state index in [0.717, 1.165) is 19.1 Å². The normalized spacial score (nSPS) is 25.5. The number of hydrogen-bond acceptors (Lipinski definition) is 2. The maximum atomic E-state index is 12.7. The molecule has 26 heavy (non-hydrogen) atoms. The lowest BCUT2D eigenvalue weighted by Crippen LogP contribution is -3.22. The zero-order chi connectivity index (χ0) is 18.5. The summed E-state index contributed by atoms with van der Waals surface area (Å²) in [5.74, 6) is 0.668. The summed E-state index contributed by atoms with van der Waals surface area (Å²) in [4.78, 5) is 15.9. The van der Waals surface area contributed by atoms with Crippen molar-refractivity contribution < 1.29 is 19.3 Å². The van der Waals surface area contributed by atoms with Crippen molar-refractivity contribution in [2.75, 3.05) is 38.6 Å². The maximum Gasteiger partial charge on any atom is 0.282 e. The summed E-state index contributed by atoms with van der Waals surface area (Å²) >= 11 is 6.06. The summed E-state index contributed by atoms with van der Waals surface area (Å²) in [5, 5.41) is 3.59. The molecular formula is C20H32ClN3O2+2. The van der Waals surface area contributed by atoms with Crippen LogP contribution in [0.3, 0.4) is 0 Å². The van der Waals surface area contributed by atoms with Gasteiger partial charge in [0.05, 0.1) is 45.0 Å². The van der Waals surface area contributed by atoms with Gasteiger partial charge < -0.3 is 19.9 Å². The maximum absolute atomic E-state index is 12.7. The molecule has 3 N–H and O–H groups in total. The number of benzene rings is 1. The van der Waals surface area contributed by atoms with Crippen molar-refractivity contribution >= 4 is 23.2 Å². The quantitative estimate of drug-likeness (QED) is 0.706. The van der Waals surface area contributed by atoms with Gasteiger partial charge >= 0.3 is 0 Å². The fourth-order valence-corrected chi connectivity index (χ4v) is 4.62. The molecule has 6 heteroatoms. The molecule has 0 aromatic heterocycles. The van der Waals surface area contributed by atoms with Gasteiger partial charge in [0.25, 0.3) is 5.91 Å². The minimum Gasteiger partial charge on any atom is -0.495 e. The Morgan fingerprint density at radius 2 is 1.88 bits per heavy atom. The lowest BCUT2D eigenvalue weighted by molar-refractivity contribution is -0.965. The van der Waals surface area contributed by atoms with Crippen LogP contribution in [0.25, 0.3) is 0 Å². The lowest BCUT2D eigenvalue weighted by Gasteiger charge is -2.37. The molecule has 1 aromatic rings. The number of quaternary nitrogens is 2. The van der Waals surface area contributed by atoms with Gasteiger partial charge in [-0.05, 0) is 44.4 Å². The van der Waals surface area contributed by atoms with Gasteiger partial charge in [-0.25, -0.2) is 0 Å². The van der Waals surface area contributed by atoms with Crippen LogP contribution in [-0.4, -0.2) is 51.3 Å². The molecule has 2 aliphatic heterocycles. The smallest absolute Gasteiger partial charge is 0.282 e. The highest BCUT2D eigenvalue weighted by Gasteiger charge is 2.34. The Bertz CT molecular complexity index is 611. The van der Waals surface area contributed by atoms with Crippen molar-refractivity contribution in [2.24, 2.45) is 0 Å². The number of hydrogen-bond donors (Lipinski definition) is 3. The van der Waals surface area contributed by atoms with Gasteiger partial charge in [0, 0.05) is 17.9 Å². The molecule has 1 aromatic carbocycles. The number of likely N-dealkylation sites (tertiary alicyclic amines) is 2. The Morgan fingerprint density at radius 3 is 2.54 bits per heavy atom. The van der Waals surface area contributed by atoms with Crippen LogP contribution >= 0.6 is 11.6 Å². The number of carbonyl (C=O) groups is 1. The van der Waals surface area contributed by atoms with Gasteiger partial charge in [-0.2, -0.15) is 0 Å². The van der Waals surface area contributed by atoms with Crippen molar-refractivity contribution in [3.63, 3.8) is 0 Å². The predicted octanol–water partition coefficient (Wildman–Crippen LogP) is 0.792. The summed E-state index contributed by atoms with van der Waals surface area (Å²) in [6, 6.07) is 6.01. The first-order valence-corrected chi connectivity index (χ1v) is 10.3. The minimum absolute atomic E-state index is 0.0318. The molecule has 0 saturated carbocycles. The van der Waals surface area contributed by atoms with Gasteiger partial charge in [0.2, 0.25) is 0 Å². The van der Waals surface area contributed by atoms with Crippen molar-refractivity contribution in [1.29, 1.82) is 0 Å². The van der Waals surface area contributed by atoms with E-state index < -0.39 is 0 Å². The molecule has 5 nitrogen and oxygen atoms in total. The van der Waals surface area contributed by atoms with Crippen molar-refractivity contribution in [3.8, 4) is 5.75 Å². The van der Waals surface area contributed by atoms with E-state index in [9.17, 15) is 4.79 Å². The van der Waals surface area contributed by atoms with Crippen LogP contribution in [0.15, 0.2) is 18.2 Å². The van der Waals surface area contributed by atoms with Gasteiger partial charge in [-0.15, -0.1) is 0 Å². The zero-order valence-corrected chi connectivity index (χ0v) is 16.7. The molecular weight excluding hydrogens is 350 g/mol. The number of anilines is 1. The molecule has 2 aliphatic rings. The van der Waals surface area contributed by atoms with Crippen LogP contribution in [0.5, 0.6) is 5.75 Å². The van der Waals surface area contributed by atoms with E-state index in [2.05, 4.69) is 5.32 Å². The summed E-state index contributed by atoms with van der Waals surface area (Å²) in [5.41, 5.74) is 0.642. The second-order valence-electron chi connectivity index (χ2n) is 7.71. The number of ether oxygens (including phenoxy) is 1. The third-order valence-electron chi connectivity index (χ3n) is 6.13. The molecule has 0 radical (unpaired) electrons. The molecule has 2 heterocycles.